The summed E-state index contributed by atoms with van der Waals surface area (Å²) >= 11 is 0. The maximum Gasteiger partial charge on any atom is 0.193 e. The third-order valence-electron chi connectivity index (χ3n) is 5.30. The van der Waals surface area contributed by atoms with Crippen LogP contribution in [0.25, 0.3) is 0 Å². The molecule has 1 unspecified atom stereocenters. The standard InChI is InChI=1S/C24H34N4O.HI/c1-25-24(26-15-22-11-7-8-12-23(22)17-27(2)3)28-14-13-21(16-28)19-29-18-20-9-5-4-6-10-20;/h4-12,21H,13-19H2,1-3H3,(H,25,26);1H. The number of likely N-dealkylation sites (tertiary alicyclic amines) is 1. The average molecular weight is 522 g/mol. The van der Waals surface area contributed by atoms with Gasteiger partial charge in [-0.15, -0.1) is 24.0 Å². The highest BCUT2D eigenvalue weighted by molar-refractivity contribution is 14.0. The van der Waals surface area contributed by atoms with Crippen molar-refractivity contribution in [1.82, 2.24) is 15.1 Å². The number of guanidine groups is 1. The third kappa shape index (κ3) is 7.56. The van der Waals surface area contributed by atoms with E-state index in [2.05, 4.69) is 82.7 Å². The third-order valence-corrected chi connectivity index (χ3v) is 5.30. The summed E-state index contributed by atoms with van der Waals surface area (Å²) in [5.41, 5.74) is 3.91. The van der Waals surface area contributed by atoms with E-state index >= 15 is 0 Å². The molecule has 3 rings (SSSR count). The quantitative estimate of drug-likeness (QED) is 0.324. The lowest BCUT2D eigenvalue weighted by atomic mass is 10.1. The van der Waals surface area contributed by atoms with Gasteiger partial charge in [0.15, 0.2) is 5.96 Å². The van der Waals surface area contributed by atoms with Gasteiger partial charge in [0.2, 0.25) is 0 Å². The molecule has 1 heterocycles. The second-order valence-electron chi connectivity index (χ2n) is 8.01. The number of nitrogens with one attached hydrogen (secondary N) is 1. The minimum absolute atomic E-state index is 0. The summed E-state index contributed by atoms with van der Waals surface area (Å²) in [7, 11) is 6.08. The molecule has 1 N–H and O–H groups in total. The van der Waals surface area contributed by atoms with Gasteiger partial charge >= 0.3 is 0 Å². The maximum absolute atomic E-state index is 5.96. The first kappa shape index (κ1) is 24.6. The van der Waals surface area contributed by atoms with Crippen LogP contribution in [0, 0.1) is 5.92 Å². The molecule has 1 aliphatic heterocycles. The summed E-state index contributed by atoms with van der Waals surface area (Å²) in [4.78, 5) is 9.07. The Hall–Kier alpha value is -1.64. The predicted octanol–water partition coefficient (Wildman–Crippen LogP) is 3.98. The van der Waals surface area contributed by atoms with E-state index in [1.54, 1.807) is 0 Å². The Bertz CT molecular complexity index is 782. The van der Waals surface area contributed by atoms with E-state index in [1.807, 2.05) is 13.1 Å². The molecule has 5 nitrogen and oxygen atoms in total. The summed E-state index contributed by atoms with van der Waals surface area (Å²) in [6.07, 6.45) is 1.15. The van der Waals surface area contributed by atoms with Crippen LogP contribution >= 0.6 is 24.0 Å². The summed E-state index contributed by atoms with van der Waals surface area (Å²) < 4.78 is 5.96. The van der Waals surface area contributed by atoms with Crippen molar-refractivity contribution >= 4 is 29.9 Å². The van der Waals surface area contributed by atoms with E-state index in [9.17, 15) is 0 Å². The van der Waals surface area contributed by atoms with Crippen LogP contribution in [0.3, 0.4) is 0 Å². The molecule has 2 aromatic carbocycles. The topological polar surface area (TPSA) is 40.1 Å². The molecule has 0 aliphatic carbocycles. The van der Waals surface area contributed by atoms with Crippen molar-refractivity contribution in [3.8, 4) is 0 Å². The highest BCUT2D eigenvalue weighted by Crippen LogP contribution is 2.18. The predicted molar refractivity (Wildman–Crippen MR) is 135 cm³/mol. The van der Waals surface area contributed by atoms with Gasteiger partial charge in [-0.2, -0.15) is 0 Å². The Morgan fingerprint density at radius 2 is 1.80 bits per heavy atom. The van der Waals surface area contributed by atoms with Gasteiger partial charge in [0.05, 0.1) is 13.2 Å². The van der Waals surface area contributed by atoms with Crippen LogP contribution in [-0.2, 0) is 24.4 Å². The highest BCUT2D eigenvalue weighted by Gasteiger charge is 2.25. The first-order valence-electron chi connectivity index (χ1n) is 10.4. The molecule has 164 valence electrons. The number of aliphatic imine (C=N–C) groups is 1. The van der Waals surface area contributed by atoms with Crippen molar-refractivity contribution in [2.45, 2.75) is 26.1 Å². The first-order valence-corrected chi connectivity index (χ1v) is 10.4. The highest BCUT2D eigenvalue weighted by atomic mass is 127. The Balaban J connectivity index is 0.00000320. The molecule has 1 fully saturated rings. The Labute approximate surface area is 198 Å². The second kappa shape index (κ2) is 12.9. The number of hydrogen-bond donors (Lipinski definition) is 1. The number of ether oxygens (including phenoxy) is 1. The van der Waals surface area contributed by atoms with Crippen molar-refractivity contribution < 1.29 is 4.74 Å². The summed E-state index contributed by atoms with van der Waals surface area (Å²) in [5, 5.41) is 3.56. The summed E-state index contributed by atoms with van der Waals surface area (Å²) in [6, 6.07) is 19.0. The minimum atomic E-state index is 0. The molecule has 1 aliphatic rings. The zero-order valence-electron chi connectivity index (χ0n) is 18.4. The molecule has 0 spiro atoms. The van der Waals surface area contributed by atoms with E-state index in [1.165, 1.54) is 16.7 Å². The van der Waals surface area contributed by atoms with Gasteiger partial charge in [-0.3, -0.25) is 4.99 Å². The number of halogens is 1. The Morgan fingerprint density at radius 3 is 2.50 bits per heavy atom. The first-order chi connectivity index (χ1) is 14.2. The fourth-order valence-corrected chi connectivity index (χ4v) is 3.81. The lowest BCUT2D eigenvalue weighted by Crippen LogP contribution is -2.40. The number of rotatable bonds is 8. The normalized spacial score (nSPS) is 16.6. The molecule has 6 heteroatoms. The summed E-state index contributed by atoms with van der Waals surface area (Å²) in [5.74, 6) is 1.54. The molecule has 0 amide bonds. The number of benzene rings is 2. The lowest BCUT2D eigenvalue weighted by Gasteiger charge is -2.23. The lowest BCUT2D eigenvalue weighted by molar-refractivity contribution is 0.0906. The smallest absolute Gasteiger partial charge is 0.193 e. The maximum atomic E-state index is 5.96. The van der Waals surface area contributed by atoms with Crippen LogP contribution in [0.1, 0.15) is 23.1 Å². The Kier molecular flexibility index (Phi) is 10.6. The van der Waals surface area contributed by atoms with E-state index < -0.39 is 0 Å². The van der Waals surface area contributed by atoms with Gasteiger partial charge in [0.1, 0.15) is 0 Å². The SMILES string of the molecule is CN=C(NCc1ccccc1CN(C)C)N1CCC(COCc2ccccc2)C1.I. The van der Waals surface area contributed by atoms with Gasteiger partial charge in [-0.05, 0) is 37.2 Å². The zero-order chi connectivity index (χ0) is 20.5. The van der Waals surface area contributed by atoms with E-state index in [0.717, 1.165) is 45.2 Å². The zero-order valence-corrected chi connectivity index (χ0v) is 20.7. The molecule has 0 bridgehead atoms. The second-order valence-corrected chi connectivity index (χ2v) is 8.01. The van der Waals surface area contributed by atoms with Gasteiger partial charge in [0, 0.05) is 39.1 Å². The van der Waals surface area contributed by atoms with Crippen LogP contribution in [0.15, 0.2) is 59.6 Å². The number of nitrogens with zero attached hydrogens (tertiary/aromatic N) is 3. The molecular formula is C24H35IN4O. The molecule has 0 saturated carbocycles. The fourth-order valence-electron chi connectivity index (χ4n) is 3.81. The summed E-state index contributed by atoms with van der Waals surface area (Å²) in [6.45, 7) is 5.25. The van der Waals surface area contributed by atoms with Crippen LogP contribution in [0.2, 0.25) is 0 Å². The Morgan fingerprint density at radius 1 is 1.10 bits per heavy atom. The van der Waals surface area contributed by atoms with E-state index in [4.69, 9.17) is 4.74 Å². The monoisotopic (exact) mass is 522 g/mol. The van der Waals surface area contributed by atoms with Gasteiger partial charge in [-0.1, -0.05) is 54.6 Å². The van der Waals surface area contributed by atoms with Crippen LogP contribution in [0.5, 0.6) is 0 Å². The van der Waals surface area contributed by atoms with Crippen molar-refractivity contribution in [2.75, 3.05) is 40.8 Å². The van der Waals surface area contributed by atoms with E-state index in [0.29, 0.717) is 12.5 Å². The van der Waals surface area contributed by atoms with Crippen molar-refractivity contribution in [3.05, 3.63) is 71.3 Å². The molecular weight excluding hydrogens is 487 g/mol. The van der Waals surface area contributed by atoms with Crippen LogP contribution < -0.4 is 5.32 Å². The molecule has 1 saturated heterocycles. The van der Waals surface area contributed by atoms with Gasteiger partial charge < -0.3 is 19.9 Å². The fraction of sp³-hybridized carbons (Fsp3) is 0.458. The molecule has 1 atom stereocenters. The molecule has 30 heavy (non-hydrogen) atoms. The molecule has 2 aromatic rings. The van der Waals surface area contributed by atoms with Crippen LogP contribution in [-0.4, -0.2) is 56.6 Å². The van der Waals surface area contributed by atoms with Crippen molar-refractivity contribution in [1.29, 1.82) is 0 Å². The van der Waals surface area contributed by atoms with Gasteiger partial charge in [-0.25, -0.2) is 0 Å². The van der Waals surface area contributed by atoms with Crippen molar-refractivity contribution in [2.24, 2.45) is 10.9 Å². The number of hydrogen-bond acceptors (Lipinski definition) is 3. The van der Waals surface area contributed by atoms with Crippen molar-refractivity contribution in [3.63, 3.8) is 0 Å². The van der Waals surface area contributed by atoms with Crippen LogP contribution in [0.4, 0.5) is 0 Å². The van der Waals surface area contributed by atoms with E-state index in [-0.39, 0.29) is 24.0 Å². The largest absolute Gasteiger partial charge is 0.376 e. The van der Waals surface area contributed by atoms with Gasteiger partial charge in [0.25, 0.3) is 0 Å². The average Bonchev–Trinajstić information content (AvgIpc) is 3.19. The molecule has 0 aromatic heterocycles. The minimum Gasteiger partial charge on any atom is -0.376 e. The molecule has 0 radical (unpaired) electrons.